The van der Waals surface area contributed by atoms with Crippen LogP contribution in [0.1, 0.15) is 27.7 Å². The van der Waals surface area contributed by atoms with E-state index in [1.165, 1.54) is 13.1 Å². The van der Waals surface area contributed by atoms with Crippen LogP contribution in [-0.2, 0) is 34.7 Å². The molecule has 0 aromatic rings. The minimum atomic E-state index is -0.186. The fourth-order valence-electron chi connectivity index (χ4n) is 3.12. The van der Waals surface area contributed by atoms with Gasteiger partial charge >= 0.3 is 93.9 Å². The van der Waals surface area contributed by atoms with Gasteiger partial charge in [0.1, 0.15) is 12.2 Å². The molecule has 0 radical (unpaired) electrons. The SMILES string of the molecule is CC(CN(C)C)OC(=S)[S-].CC(CN(C)C)OC(=S)[S-].C[CH](CN(C)C)[Sn+2][CH](C)CN(C)C. The first-order valence-electron chi connectivity index (χ1n) is 11.1. The molecule has 0 bridgehead atoms. The first-order valence-corrected chi connectivity index (χ1v) is 16.0. The van der Waals surface area contributed by atoms with Crippen LogP contribution in [0.5, 0.6) is 0 Å². The molecule has 6 nitrogen and oxygen atoms in total. The summed E-state index contributed by atoms with van der Waals surface area (Å²) in [7, 11) is 16.6. The maximum absolute atomic E-state index is 5.07. The second kappa shape index (κ2) is 23.3. The Morgan fingerprint density at radius 2 is 0.848 bits per heavy atom. The Kier molecular flexibility index (Phi) is 27.1. The van der Waals surface area contributed by atoms with Gasteiger partial charge < -0.3 is 69.0 Å². The molecule has 0 rings (SSSR count). The minimum absolute atomic E-state index is 0.0972. The van der Waals surface area contributed by atoms with Gasteiger partial charge in [0.05, 0.1) is 0 Å². The van der Waals surface area contributed by atoms with Gasteiger partial charge in [-0.25, -0.2) is 0 Å². The van der Waals surface area contributed by atoms with Crippen LogP contribution < -0.4 is 0 Å². The summed E-state index contributed by atoms with van der Waals surface area (Å²) < 4.78 is 12.5. The second-order valence-corrected chi connectivity index (χ2v) is 18.0. The zero-order valence-corrected chi connectivity index (χ0v) is 29.0. The number of nitrogens with zero attached hydrogens (tertiary/aromatic N) is 4. The summed E-state index contributed by atoms with van der Waals surface area (Å²) >= 11 is 18.2. The molecule has 4 unspecified atom stereocenters. The molecular formula is C22H48N4O2S4Sn. The van der Waals surface area contributed by atoms with E-state index in [-0.39, 0.29) is 42.1 Å². The van der Waals surface area contributed by atoms with Gasteiger partial charge in [-0.1, -0.05) is 0 Å². The van der Waals surface area contributed by atoms with E-state index in [9.17, 15) is 0 Å². The molecule has 0 aromatic carbocycles. The topological polar surface area (TPSA) is 31.4 Å². The third-order valence-corrected chi connectivity index (χ3v) is 8.36. The summed E-state index contributed by atoms with van der Waals surface area (Å²) in [5.41, 5.74) is 0. The normalized spacial score (nSPS) is 14.3. The zero-order valence-electron chi connectivity index (χ0n) is 22.9. The van der Waals surface area contributed by atoms with E-state index in [0.29, 0.717) is 0 Å². The standard InChI is InChI=1S/2C6H13NOS2.2C5H12N.Sn/c2*1-5(4-7(2)3)8-6(9)10;2*1-4-5-6(2)3;/h2*5H,4H2,1-3H3,(H,9,10);2*4H,5H2,1-3H3;/q;;;;+2/p-2. The molecule has 0 aliphatic heterocycles. The average molecular weight is 648 g/mol. The first-order chi connectivity index (χ1) is 15.0. The third-order valence-electron chi connectivity index (χ3n) is 3.69. The van der Waals surface area contributed by atoms with E-state index in [1.54, 1.807) is 0 Å². The van der Waals surface area contributed by atoms with Gasteiger partial charge in [-0.2, -0.15) is 0 Å². The van der Waals surface area contributed by atoms with Crippen LogP contribution >= 0.6 is 24.4 Å². The van der Waals surface area contributed by atoms with E-state index in [4.69, 9.17) is 9.47 Å². The molecule has 0 N–H and O–H groups in total. The predicted octanol–water partition coefficient (Wildman–Crippen LogP) is 3.00. The van der Waals surface area contributed by atoms with E-state index in [0.717, 1.165) is 21.0 Å². The van der Waals surface area contributed by atoms with Gasteiger partial charge in [0, 0.05) is 21.9 Å². The number of hydrogen-bond acceptors (Lipinski definition) is 10. The van der Waals surface area contributed by atoms with Crippen molar-refractivity contribution in [1.82, 2.24) is 19.6 Å². The number of rotatable bonds is 12. The maximum atomic E-state index is 5.07. The summed E-state index contributed by atoms with van der Waals surface area (Å²) in [5.74, 6) is 0. The molecule has 0 fully saturated rings. The van der Waals surface area contributed by atoms with Crippen molar-refractivity contribution in [3.05, 3.63) is 0 Å². The van der Waals surface area contributed by atoms with E-state index >= 15 is 0 Å². The van der Waals surface area contributed by atoms with Crippen molar-refractivity contribution >= 4 is 79.6 Å². The predicted molar refractivity (Wildman–Crippen MR) is 160 cm³/mol. The Morgan fingerprint density at radius 3 is 1.03 bits per heavy atom. The van der Waals surface area contributed by atoms with Crippen molar-refractivity contribution in [3.63, 3.8) is 0 Å². The van der Waals surface area contributed by atoms with Crippen LogP contribution in [0.3, 0.4) is 0 Å². The third kappa shape index (κ3) is 37.6. The second-order valence-electron chi connectivity index (χ2n) is 9.37. The molecular weight excluding hydrogens is 599 g/mol. The number of likely N-dealkylation sites (N-methyl/N-ethyl adjacent to an activating group) is 2. The fourth-order valence-corrected chi connectivity index (χ4v) is 9.23. The molecule has 4 atom stereocenters. The molecule has 0 saturated carbocycles. The van der Waals surface area contributed by atoms with Gasteiger partial charge in [0.15, 0.2) is 0 Å². The van der Waals surface area contributed by atoms with Crippen LogP contribution in [0.4, 0.5) is 0 Å². The zero-order chi connectivity index (χ0) is 26.7. The molecule has 0 heterocycles. The van der Waals surface area contributed by atoms with Crippen molar-refractivity contribution in [2.75, 3.05) is 82.6 Å². The Labute approximate surface area is 237 Å². The Bertz CT molecular complexity index is 459. The van der Waals surface area contributed by atoms with Crippen molar-refractivity contribution in [2.45, 2.75) is 47.8 Å². The molecule has 33 heavy (non-hydrogen) atoms. The molecule has 0 spiro atoms. The van der Waals surface area contributed by atoms with E-state index in [2.05, 4.69) is 102 Å². The molecule has 0 saturated heterocycles. The summed E-state index contributed by atoms with van der Waals surface area (Å²) in [4.78, 5) is 8.68. The molecule has 11 heteroatoms. The van der Waals surface area contributed by atoms with Crippen molar-refractivity contribution < 1.29 is 9.47 Å². The Balaban J connectivity index is -0.000000415. The van der Waals surface area contributed by atoms with Gasteiger partial charge in [0.25, 0.3) is 0 Å². The average Bonchev–Trinajstić information content (AvgIpc) is 2.50. The molecule has 0 aliphatic rings. The quantitative estimate of drug-likeness (QED) is 0.179. The molecule has 0 aliphatic carbocycles. The summed E-state index contributed by atoms with van der Waals surface area (Å²) in [5, 5.41) is 0. The summed E-state index contributed by atoms with van der Waals surface area (Å²) in [6.07, 6.45) is 0.194. The van der Waals surface area contributed by atoms with Gasteiger partial charge in [-0.3, -0.25) is 0 Å². The number of thiocarbonyl (C=S) groups is 2. The van der Waals surface area contributed by atoms with Crippen LogP contribution in [0, 0.1) is 0 Å². The van der Waals surface area contributed by atoms with Gasteiger partial charge in [-0.05, 0) is 42.0 Å². The van der Waals surface area contributed by atoms with Crippen molar-refractivity contribution in [1.29, 1.82) is 0 Å². The van der Waals surface area contributed by atoms with Crippen molar-refractivity contribution in [3.8, 4) is 0 Å². The Morgan fingerprint density at radius 1 is 0.606 bits per heavy atom. The van der Waals surface area contributed by atoms with Crippen LogP contribution in [-0.4, -0.2) is 144 Å². The van der Waals surface area contributed by atoms with Gasteiger partial charge in [0.2, 0.25) is 0 Å². The van der Waals surface area contributed by atoms with Crippen LogP contribution in [0.25, 0.3) is 0 Å². The van der Waals surface area contributed by atoms with Crippen molar-refractivity contribution in [2.24, 2.45) is 0 Å². The molecule has 0 amide bonds. The Hall–Kier alpha value is 0.859. The summed E-state index contributed by atoms with van der Waals surface area (Å²) in [6.45, 7) is 13.0. The first kappa shape index (κ1) is 38.4. The number of ether oxygens (including phenoxy) is 2. The number of hydrogen-bond donors (Lipinski definition) is 0. The monoisotopic (exact) mass is 648 g/mol. The molecule has 0 aromatic heterocycles. The summed E-state index contributed by atoms with van der Waals surface area (Å²) in [6, 6.07) is 0. The van der Waals surface area contributed by atoms with Gasteiger partial charge in [-0.15, -0.1) is 0 Å². The van der Waals surface area contributed by atoms with Crippen LogP contribution in [0.15, 0.2) is 0 Å². The van der Waals surface area contributed by atoms with Crippen LogP contribution in [0.2, 0.25) is 7.87 Å². The van der Waals surface area contributed by atoms with E-state index < -0.39 is 0 Å². The molecule has 196 valence electrons. The van der Waals surface area contributed by atoms with E-state index in [1.807, 2.05) is 51.8 Å². The fraction of sp³-hybridized carbons (Fsp3) is 0.909.